The van der Waals surface area contributed by atoms with E-state index in [1.807, 2.05) is 6.07 Å². The zero-order chi connectivity index (χ0) is 13.0. The van der Waals surface area contributed by atoms with Gasteiger partial charge >= 0.3 is 5.00 Å². The Kier molecular flexibility index (Phi) is 4.72. The van der Waals surface area contributed by atoms with Crippen molar-refractivity contribution >= 4 is 16.3 Å². The summed E-state index contributed by atoms with van der Waals surface area (Å²) >= 11 is 1.27. The Morgan fingerprint density at radius 2 is 2.33 bits per heavy atom. The van der Waals surface area contributed by atoms with Crippen LogP contribution in [0.25, 0.3) is 0 Å². The zero-order valence-electron chi connectivity index (χ0n) is 10.7. The SMILES string of the molecule is CCC1CCCC(NCc2ccc([N+](=O)[O-])s2)C1. The Balaban J connectivity index is 1.81. The normalized spacial score (nSPS) is 24.1. The number of nitrogens with zero attached hydrogens (tertiary/aromatic N) is 1. The molecule has 2 atom stereocenters. The summed E-state index contributed by atoms with van der Waals surface area (Å²) in [5.74, 6) is 0.855. The van der Waals surface area contributed by atoms with Crippen LogP contribution in [0.4, 0.5) is 5.00 Å². The minimum absolute atomic E-state index is 0.238. The van der Waals surface area contributed by atoms with Crippen LogP contribution < -0.4 is 5.32 Å². The van der Waals surface area contributed by atoms with Crippen molar-refractivity contribution in [1.29, 1.82) is 0 Å². The summed E-state index contributed by atoms with van der Waals surface area (Å²) in [6.07, 6.45) is 6.43. The van der Waals surface area contributed by atoms with Gasteiger partial charge in [-0.15, -0.1) is 0 Å². The van der Waals surface area contributed by atoms with Crippen LogP contribution in [0.2, 0.25) is 0 Å². The largest absolute Gasteiger partial charge is 0.324 e. The van der Waals surface area contributed by atoms with E-state index in [0.717, 1.165) is 17.3 Å². The molecule has 1 aliphatic rings. The topological polar surface area (TPSA) is 55.2 Å². The molecule has 0 amide bonds. The molecular weight excluding hydrogens is 248 g/mol. The maximum Gasteiger partial charge on any atom is 0.324 e. The molecule has 1 heterocycles. The fraction of sp³-hybridized carbons (Fsp3) is 0.692. The first-order chi connectivity index (χ1) is 8.69. The zero-order valence-corrected chi connectivity index (χ0v) is 11.5. The first-order valence-electron chi connectivity index (χ1n) is 6.65. The van der Waals surface area contributed by atoms with Crippen molar-refractivity contribution in [2.45, 2.75) is 51.6 Å². The van der Waals surface area contributed by atoms with Crippen LogP contribution in [0.3, 0.4) is 0 Å². The predicted octanol–water partition coefficient (Wildman–Crippen LogP) is 3.71. The average Bonchev–Trinajstić information content (AvgIpc) is 2.85. The van der Waals surface area contributed by atoms with E-state index in [9.17, 15) is 10.1 Å². The number of nitro groups is 1. The fourth-order valence-electron chi connectivity index (χ4n) is 2.65. The van der Waals surface area contributed by atoms with Gasteiger partial charge in [-0.2, -0.15) is 0 Å². The van der Waals surface area contributed by atoms with E-state index in [-0.39, 0.29) is 9.92 Å². The molecule has 0 saturated heterocycles. The van der Waals surface area contributed by atoms with Crippen LogP contribution in [0.15, 0.2) is 12.1 Å². The van der Waals surface area contributed by atoms with Crippen LogP contribution >= 0.6 is 11.3 Å². The van der Waals surface area contributed by atoms with Crippen molar-refractivity contribution in [2.24, 2.45) is 5.92 Å². The molecule has 1 aromatic heterocycles. The highest BCUT2D eigenvalue weighted by Crippen LogP contribution is 2.28. The van der Waals surface area contributed by atoms with Gasteiger partial charge in [-0.05, 0) is 24.8 Å². The number of nitrogens with one attached hydrogen (secondary N) is 1. The lowest BCUT2D eigenvalue weighted by Crippen LogP contribution is -2.33. The molecule has 0 bridgehead atoms. The van der Waals surface area contributed by atoms with Gasteiger partial charge in [0, 0.05) is 23.5 Å². The van der Waals surface area contributed by atoms with Crippen molar-refractivity contribution < 1.29 is 4.92 Å². The van der Waals surface area contributed by atoms with E-state index in [0.29, 0.717) is 6.04 Å². The molecule has 2 unspecified atom stereocenters. The van der Waals surface area contributed by atoms with E-state index in [4.69, 9.17) is 0 Å². The second kappa shape index (κ2) is 6.29. The van der Waals surface area contributed by atoms with Crippen molar-refractivity contribution in [3.8, 4) is 0 Å². The maximum atomic E-state index is 10.6. The van der Waals surface area contributed by atoms with Crippen LogP contribution in [-0.4, -0.2) is 11.0 Å². The summed E-state index contributed by atoms with van der Waals surface area (Å²) in [5.41, 5.74) is 0. The van der Waals surface area contributed by atoms with Gasteiger partial charge in [0.25, 0.3) is 0 Å². The molecule has 4 nitrogen and oxygen atoms in total. The second-order valence-electron chi connectivity index (χ2n) is 5.02. The van der Waals surface area contributed by atoms with Gasteiger partial charge in [-0.1, -0.05) is 37.5 Å². The highest BCUT2D eigenvalue weighted by atomic mass is 32.1. The van der Waals surface area contributed by atoms with Gasteiger partial charge in [0.15, 0.2) is 0 Å². The first kappa shape index (κ1) is 13.5. The van der Waals surface area contributed by atoms with Crippen LogP contribution in [0.5, 0.6) is 0 Å². The molecule has 1 aliphatic carbocycles. The number of rotatable bonds is 5. The lowest BCUT2D eigenvalue weighted by atomic mass is 9.84. The molecular formula is C13H20N2O2S. The van der Waals surface area contributed by atoms with Crippen molar-refractivity contribution in [2.75, 3.05) is 0 Å². The monoisotopic (exact) mass is 268 g/mol. The lowest BCUT2D eigenvalue weighted by molar-refractivity contribution is -0.380. The molecule has 5 heteroatoms. The van der Waals surface area contributed by atoms with E-state index in [2.05, 4.69) is 12.2 Å². The minimum Gasteiger partial charge on any atom is -0.309 e. The smallest absolute Gasteiger partial charge is 0.309 e. The molecule has 1 aromatic rings. The Morgan fingerprint density at radius 1 is 1.50 bits per heavy atom. The van der Waals surface area contributed by atoms with Crippen LogP contribution in [-0.2, 0) is 6.54 Å². The van der Waals surface area contributed by atoms with E-state index in [1.165, 1.54) is 43.4 Å². The van der Waals surface area contributed by atoms with Crippen LogP contribution in [0.1, 0.15) is 43.9 Å². The molecule has 1 fully saturated rings. The molecule has 18 heavy (non-hydrogen) atoms. The Bertz CT molecular complexity index is 405. The summed E-state index contributed by atoms with van der Waals surface area (Å²) in [6, 6.07) is 4.04. The van der Waals surface area contributed by atoms with Gasteiger partial charge in [-0.3, -0.25) is 10.1 Å². The Morgan fingerprint density at radius 3 is 3.00 bits per heavy atom. The summed E-state index contributed by atoms with van der Waals surface area (Å²) in [6.45, 7) is 3.02. The molecule has 2 rings (SSSR count). The number of hydrogen-bond donors (Lipinski definition) is 1. The molecule has 0 aliphatic heterocycles. The Labute approximate surface area is 112 Å². The molecule has 0 radical (unpaired) electrons. The predicted molar refractivity (Wildman–Crippen MR) is 73.9 cm³/mol. The Hall–Kier alpha value is -0.940. The highest BCUT2D eigenvalue weighted by Gasteiger charge is 2.20. The van der Waals surface area contributed by atoms with E-state index >= 15 is 0 Å². The summed E-state index contributed by atoms with van der Waals surface area (Å²) < 4.78 is 0. The first-order valence-corrected chi connectivity index (χ1v) is 7.47. The fourth-order valence-corrected chi connectivity index (χ4v) is 3.42. The number of hydrogen-bond acceptors (Lipinski definition) is 4. The third kappa shape index (κ3) is 3.53. The third-order valence-electron chi connectivity index (χ3n) is 3.75. The maximum absolute atomic E-state index is 10.6. The molecule has 1 N–H and O–H groups in total. The van der Waals surface area contributed by atoms with Gasteiger partial charge < -0.3 is 5.32 Å². The second-order valence-corrected chi connectivity index (χ2v) is 6.16. The van der Waals surface area contributed by atoms with Gasteiger partial charge in [-0.25, -0.2) is 0 Å². The standard InChI is InChI=1S/C13H20N2O2S/c1-2-10-4-3-5-11(8-10)14-9-12-6-7-13(18-12)15(16)17/h6-7,10-11,14H,2-5,8-9H2,1H3. The van der Waals surface area contributed by atoms with Crippen molar-refractivity contribution in [1.82, 2.24) is 5.32 Å². The van der Waals surface area contributed by atoms with Crippen molar-refractivity contribution in [3.05, 3.63) is 27.1 Å². The summed E-state index contributed by atoms with van der Waals surface area (Å²) in [4.78, 5) is 11.3. The van der Waals surface area contributed by atoms with Gasteiger partial charge in [0.2, 0.25) is 0 Å². The molecule has 100 valence electrons. The minimum atomic E-state index is -0.318. The molecule has 0 spiro atoms. The van der Waals surface area contributed by atoms with Crippen molar-refractivity contribution in [3.63, 3.8) is 0 Å². The number of thiophene rings is 1. The van der Waals surface area contributed by atoms with Gasteiger partial charge in [0.1, 0.15) is 0 Å². The lowest BCUT2D eigenvalue weighted by Gasteiger charge is -2.29. The van der Waals surface area contributed by atoms with Crippen LogP contribution in [0, 0.1) is 16.0 Å². The molecule has 0 aromatic carbocycles. The molecule has 1 saturated carbocycles. The van der Waals surface area contributed by atoms with E-state index in [1.54, 1.807) is 6.07 Å². The summed E-state index contributed by atoms with van der Waals surface area (Å²) in [7, 11) is 0. The highest BCUT2D eigenvalue weighted by molar-refractivity contribution is 7.15. The quantitative estimate of drug-likeness (QED) is 0.654. The average molecular weight is 268 g/mol. The van der Waals surface area contributed by atoms with E-state index < -0.39 is 0 Å². The summed E-state index contributed by atoms with van der Waals surface area (Å²) in [5, 5.41) is 14.4. The van der Waals surface area contributed by atoms with Gasteiger partial charge in [0.05, 0.1) is 4.92 Å². The third-order valence-corrected chi connectivity index (χ3v) is 4.79.